The second-order valence-electron chi connectivity index (χ2n) is 4.84. The predicted molar refractivity (Wildman–Crippen MR) is 94.8 cm³/mol. The van der Waals surface area contributed by atoms with E-state index in [9.17, 15) is 0 Å². The van der Waals surface area contributed by atoms with Gasteiger partial charge in [0.2, 0.25) is 0 Å². The van der Waals surface area contributed by atoms with Crippen LogP contribution in [0.15, 0.2) is 0 Å². The van der Waals surface area contributed by atoms with Crippen molar-refractivity contribution in [1.29, 1.82) is 0 Å². The summed E-state index contributed by atoms with van der Waals surface area (Å²) in [6.07, 6.45) is -3.38. The highest BCUT2D eigenvalue weighted by atomic mass is 16.9. The summed E-state index contributed by atoms with van der Waals surface area (Å²) in [5.74, 6) is 0. The summed E-state index contributed by atoms with van der Waals surface area (Å²) in [5, 5.41) is 0. The topological polar surface area (TPSA) is 77.1 Å². The molecule has 0 aliphatic carbocycles. The minimum absolute atomic E-state index is 0.207. The molecular formula is C17H36NO8. The zero-order valence-electron chi connectivity index (χ0n) is 17.1. The van der Waals surface area contributed by atoms with Crippen molar-refractivity contribution in [3.8, 4) is 0 Å². The molecule has 0 saturated carbocycles. The number of hydrogen-bond donors (Lipinski definition) is 0. The fourth-order valence-electron chi connectivity index (χ4n) is 2.13. The normalized spacial score (nSPS) is 16.6. The Bertz CT molecular complexity index is 306. The van der Waals surface area contributed by atoms with Gasteiger partial charge in [-0.25, -0.2) is 0 Å². The van der Waals surface area contributed by atoms with E-state index in [1.807, 2.05) is 13.8 Å². The van der Waals surface area contributed by atoms with Crippen molar-refractivity contribution < 1.29 is 37.9 Å². The third kappa shape index (κ3) is 7.71. The summed E-state index contributed by atoms with van der Waals surface area (Å²) in [6.45, 7) is 10.3. The number of rotatable bonds is 18. The van der Waals surface area contributed by atoms with Crippen LogP contribution in [0, 0.1) is 7.05 Å². The predicted octanol–water partition coefficient (Wildman–Crippen LogP) is 1.77. The first-order valence-electron chi connectivity index (χ1n) is 8.94. The molecule has 0 heterocycles. The van der Waals surface area contributed by atoms with Crippen LogP contribution in [0.3, 0.4) is 0 Å². The molecule has 0 aromatic rings. The Morgan fingerprint density at radius 1 is 0.615 bits per heavy atom. The van der Waals surface area contributed by atoms with Crippen LogP contribution < -0.4 is 0 Å². The van der Waals surface area contributed by atoms with Gasteiger partial charge in [-0.15, -0.1) is 4.90 Å². The van der Waals surface area contributed by atoms with E-state index in [1.165, 1.54) is 19.1 Å². The zero-order valence-corrected chi connectivity index (χ0v) is 17.1. The molecule has 157 valence electrons. The summed E-state index contributed by atoms with van der Waals surface area (Å²) < 4.78 is 44.5. The molecule has 0 amide bonds. The van der Waals surface area contributed by atoms with Gasteiger partial charge in [0.25, 0.3) is 0 Å². The largest absolute Gasteiger partial charge is 0.379 e. The van der Waals surface area contributed by atoms with Crippen molar-refractivity contribution in [2.24, 2.45) is 0 Å². The van der Waals surface area contributed by atoms with E-state index in [2.05, 4.69) is 7.05 Å². The lowest BCUT2D eigenvalue weighted by molar-refractivity contribution is -0.535. The van der Waals surface area contributed by atoms with Crippen molar-refractivity contribution in [2.75, 3.05) is 67.1 Å². The molecule has 0 aliphatic heterocycles. The quantitative estimate of drug-likeness (QED) is 0.260. The molecular weight excluding hydrogens is 346 g/mol. The summed E-state index contributed by atoms with van der Waals surface area (Å²) >= 11 is 0. The van der Waals surface area contributed by atoms with Crippen LogP contribution >= 0.6 is 0 Å². The first kappa shape index (κ1) is 25.6. The molecule has 0 saturated heterocycles. The molecule has 0 bridgehead atoms. The maximum absolute atomic E-state index is 5.79. The van der Waals surface area contributed by atoms with E-state index in [0.717, 1.165) is 0 Å². The van der Waals surface area contributed by atoms with Crippen LogP contribution in [0.2, 0.25) is 0 Å². The SMILES string of the molecule is [CH2]N(C(OC)(OCC)OCCOCC)C(OC)(OCC)OCCOCC. The van der Waals surface area contributed by atoms with Crippen LogP contribution in [0.1, 0.15) is 27.7 Å². The van der Waals surface area contributed by atoms with Gasteiger partial charge in [-0.3, -0.25) is 0 Å². The highest BCUT2D eigenvalue weighted by molar-refractivity contribution is 4.69. The maximum atomic E-state index is 5.79. The lowest BCUT2D eigenvalue weighted by Gasteiger charge is -2.46. The van der Waals surface area contributed by atoms with Crippen molar-refractivity contribution in [2.45, 2.75) is 39.9 Å². The second-order valence-corrected chi connectivity index (χ2v) is 4.84. The summed E-state index contributed by atoms with van der Waals surface area (Å²) in [6, 6.07) is 0. The third-order valence-corrected chi connectivity index (χ3v) is 3.26. The van der Waals surface area contributed by atoms with Gasteiger partial charge in [0, 0.05) is 34.5 Å². The fraction of sp³-hybridized carbons (Fsp3) is 0.941. The molecule has 0 aromatic heterocycles. The van der Waals surface area contributed by atoms with Gasteiger partial charge >= 0.3 is 12.2 Å². The summed E-state index contributed by atoms with van der Waals surface area (Å²) in [5.41, 5.74) is 0. The smallest absolute Gasteiger partial charge is 0.359 e. The maximum Gasteiger partial charge on any atom is 0.359 e. The Morgan fingerprint density at radius 3 is 1.27 bits per heavy atom. The van der Waals surface area contributed by atoms with Crippen molar-refractivity contribution in [1.82, 2.24) is 4.90 Å². The number of ether oxygens (including phenoxy) is 8. The van der Waals surface area contributed by atoms with Gasteiger partial charge in [-0.2, -0.15) is 0 Å². The number of methoxy groups -OCH3 is 2. The van der Waals surface area contributed by atoms with E-state index < -0.39 is 12.2 Å². The van der Waals surface area contributed by atoms with Gasteiger partial charge in [0.1, 0.15) is 0 Å². The Labute approximate surface area is 157 Å². The molecule has 0 spiro atoms. The van der Waals surface area contributed by atoms with Crippen LogP contribution in [-0.4, -0.2) is 84.2 Å². The summed E-state index contributed by atoms with van der Waals surface area (Å²) in [4.78, 5) is 1.23. The standard InChI is InChI=1S/C17H36NO8/c1-8-21-12-14-25-16(19-6,23-10-3)18(5)17(20-7,24-11-4)26-15-13-22-9-2/h5,8-15H2,1-4,6-7H3. The molecule has 0 aliphatic rings. The first-order valence-corrected chi connectivity index (χ1v) is 8.94. The first-order chi connectivity index (χ1) is 12.5. The van der Waals surface area contributed by atoms with E-state index in [1.54, 1.807) is 13.8 Å². The Hall–Kier alpha value is -0.360. The highest BCUT2D eigenvalue weighted by Crippen LogP contribution is 2.31. The van der Waals surface area contributed by atoms with Crippen molar-refractivity contribution in [3.63, 3.8) is 0 Å². The van der Waals surface area contributed by atoms with E-state index >= 15 is 0 Å². The number of hydrogen-bond acceptors (Lipinski definition) is 9. The molecule has 1 radical (unpaired) electrons. The van der Waals surface area contributed by atoms with Gasteiger partial charge in [-0.1, -0.05) is 0 Å². The highest BCUT2D eigenvalue weighted by Gasteiger charge is 2.52. The van der Waals surface area contributed by atoms with Crippen LogP contribution in [0.5, 0.6) is 0 Å². The van der Waals surface area contributed by atoms with Crippen molar-refractivity contribution in [3.05, 3.63) is 7.05 Å². The van der Waals surface area contributed by atoms with Crippen LogP contribution in [0.4, 0.5) is 0 Å². The Morgan fingerprint density at radius 2 is 1.00 bits per heavy atom. The van der Waals surface area contributed by atoms with E-state index in [-0.39, 0.29) is 13.2 Å². The average molecular weight is 382 g/mol. The van der Waals surface area contributed by atoms with Gasteiger partial charge in [0.05, 0.1) is 39.6 Å². The average Bonchev–Trinajstić information content (AvgIpc) is 2.66. The molecule has 0 aromatic carbocycles. The van der Waals surface area contributed by atoms with Gasteiger partial charge < -0.3 is 37.9 Å². The fourth-order valence-corrected chi connectivity index (χ4v) is 2.13. The molecule has 0 rings (SSSR count). The lowest BCUT2D eigenvalue weighted by atomic mass is 10.6. The van der Waals surface area contributed by atoms with Gasteiger partial charge in [0.15, 0.2) is 0 Å². The molecule has 2 unspecified atom stereocenters. The number of nitrogens with zero attached hydrogens (tertiary/aromatic N) is 1. The van der Waals surface area contributed by atoms with E-state index in [4.69, 9.17) is 37.9 Å². The minimum atomic E-state index is -1.69. The van der Waals surface area contributed by atoms with Crippen molar-refractivity contribution >= 4 is 0 Å². The van der Waals surface area contributed by atoms with Crippen LogP contribution in [-0.2, 0) is 37.9 Å². The second kappa shape index (κ2) is 14.7. The van der Waals surface area contributed by atoms with Gasteiger partial charge in [-0.05, 0) is 27.7 Å². The molecule has 9 heteroatoms. The Kier molecular flexibility index (Phi) is 14.5. The van der Waals surface area contributed by atoms with E-state index in [0.29, 0.717) is 39.6 Å². The molecule has 26 heavy (non-hydrogen) atoms. The monoisotopic (exact) mass is 382 g/mol. The Balaban J connectivity index is 5.37. The molecule has 0 N–H and O–H groups in total. The summed E-state index contributed by atoms with van der Waals surface area (Å²) in [7, 11) is 6.82. The molecule has 9 nitrogen and oxygen atoms in total. The molecule has 2 atom stereocenters. The lowest BCUT2D eigenvalue weighted by Crippen LogP contribution is -2.65. The van der Waals surface area contributed by atoms with Crippen LogP contribution in [0.25, 0.3) is 0 Å². The minimum Gasteiger partial charge on any atom is -0.379 e. The molecule has 0 fully saturated rings. The third-order valence-electron chi connectivity index (χ3n) is 3.26. The zero-order chi connectivity index (χ0) is 19.9.